The fourth-order valence-electron chi connectivity index (χ4n) is 2.07. The topological polar surface area (TPSA) is 98.8 Å². The molecule has 0 aliphatic heterocycles. The van der Waals surface area contributed by atoms with E-state index in [9.17, 15) is 0 Å². The van der Waals surface area contributed by atoms with Crippen LogP contribution < -0.4 is 10.6 Å². The second-order valence-corrected chi connectivity index (χ2v) is 4.69. The summed E-state index contributed by atoms with van der Waals surface area (Å²) in [7, 11) is 0. The van der Waals surface area contributed by atoms with Crippen molar-refractivity contribution >= 4 is 22.9 Å². The van der Waals surface area contributed by atoms with Crippen LogP contribution in [-0.4, -0.2) is 44.7 Å². The van der Waals surface area contributed by atoms with Gasteiger partial charge < -0.3 is 20.7 Å². The number of H-pyrrole nitrogens is 1. The van der Waals surface area contributed by atoms with Crippen molar-refractivity contribution in [2.24, 2.45) is 5.92 Å². The number of nitrogens with one attached hydrogen (secondary N) is 3. The number of fused-ring (bicyclic) bond motifs is 1. The maximum Gasteiger partial charge on any atom is 0.226 e. The van der Waals surface area contributed by atoms with Gasteiger partial charge in [0.25, 0.3) is 0 Å². The zero-order chi connectivity index (χ0) is 14.4. The third-order valence-electron chi connectivity index (χ3n) is 3.29. The average Bonchev–Trinajstić information content (AvgIpc) is 2.92. The van der Waals surface area contributed by atoms with Crippen molar-refractivity contribution in [3.8, 4) is 0 Å². The molecule has 0 saturated carbocycles. The summed E-state index contributed by atoms with van der Waals surface area (Å²) in [6.45, 7) is 5.87. The Balaban J connectivity index is 2.16. The van der Waals surface area contributed by atoms with E-state index in [4.69, 9.17) is 5.11 Å². The lowest BCUT2D eigenvalue weighted by molar-refractivity contribution is 0.258. The van der Waals surface area contributed by atoms with Gasteiger partial charge in [-0.2, -0.15) is 9.97 Å². The van der Waals surface area contributed by atoms with Crippen molar-refractivity contribution < 1.29 is 5.11 Å². The van der Waals surface area contributed by atoms with Gasteiger partial charge in [-0.15, -0.1) is 0 Å². The van der Waals surface area contributed by atoms with Crippen molar-refractivity contribution in [2.75, 3.05) is 30.3 Å². The molecule has 110 valence electrons. The molecule has 7 heteroatoms. The number of nitrogens with zero attached hydrogens (tertiary/aromatic N) is 3. The Morgan fingerprint density at radius 1 is 1.30 bits per heavy atom. The van der Waals surface area contributed by atoms with Crippen LogP contribution in [0.2, 0.25) is 0 Å². The third kappa shape index (κ3) is 3.36. The zero-order valence-corrected chi connectivity index (χ0v) is 12.0. The number of aliphatic hydroxyl groups excluding tert-OH is 1. The molecule has 0 aliphatic carbocycles. The molecule has 0 spiro atoms. The first-order valence-corrected chi connectivity index (χ1v) is 7.08. The zero-order valence-electron chi connectivity index (χ0n) is 12.0. The van der Waals surface area contributed by atoms with E-state index in [1.165, 1.54) is 0 Å². The van der Waals surface area contributed by atoms with Gasteiger partial charge in [0, 0.05) is 19.7 Å². The second-order valence-electron chi connectivity index (χ2n) is 4.69. The Kier molecular flexibility index (Phi) is 5.11. The molecule has 0 fully saturated rings. The molecule has 0 bridgehead atoms. The van der Waals surface area contributed by atoms with Gasteiger partial charge >= 0.3 is 0 Å². The fraction of sp³-hybridized carbons (Fsp3) is 0.615. The first-order valence-electron chi connectivity index (χ1n) is 7.08. The van der Waals surface area contributed by atoms with Gasteiger partial charge in [-0.25, -0.2) is 4.98 Å². The maximum atomic E-state index is 9.04. The molecule has 0 aliphatic rings. The number of hydrogen-bond donors (Lipinski definition) is 4. The van der Waals surface area contributed by atoms with Gasteiger partial charge in [-0.1, -0.05) is 13.3 Å². The summed E-state index contributed by atoms with van der Waals surface area (Å²) < 4.78 is 0. The first kappa shape index (κ1) is 14.5. The minimum atomic E-state index is 0.214. The van der Waals surface area contributed by atoms with E-state index in [1.54, 1.807) is 6.33 Å². The summed E-state index contributed by atoms with van der Waals surface area (Å²) in [5.74, 6) is 1.75. The molecule has 1 unspecified atom stereocenters. The van der Waals surface area contributed by atoms with E-state index in [1.807, 2.05) is 6.92 Å². The molecule has 0 radical (unpaired) electrons. The van der Waals surface area contributed by atoms with Crippen molar-refractivity contribution in [2.45, 2.75) is 26.7 Å². The number of rotatable bonds is 8. The monoisotopic (exact) mass is 278 g/mol. The standard InChI is InChI=1S/C13H22N6O/c1-3-9(5-6-20)7-15-11-10-12(17-8-16-10)19-13(18-11)14-4-2/h8-9,20H,3-7H2,1-2H3,(H3,14,15,16,17,18,19). The summed E-state index contributed by atoms with van der Waals surface area (Å²) in [4.78, 5) is 16.0. The van der Waals surface area contributed by atoms with Gasteiger partial charge in [-0.05, 0) is 19.3 Å². The Bertz CT molecular complexity index is 541. The van der Waals surface area contributed by atoms with E-state index in [0.717, 1.165) is 37.3 Å². The summed E-state index contributed by atoms with van der Waals surface area (Å²) in [5.41, 5.74) is 1.46. The minimum Gasteiger partial charge on any atom is -0.396 e. The van der Waals surface area contributed by atoms with Gasteiger partial charge in [0.05, 0.1) is 6.33 Å². The second kappa shape index (κ2) is 7.04. The Morgan fingerprint density at radius 2 is 2.15 bits per heavy atom. The average molecular weight is 278 g/mol. The molecule has 7 nitrogen and oxygen atoms in total. The number of aromatic nitrogens is 4. The van der Waals surface area contributed by atoms with Crippen LogP contribution in [-0.2, 0) is 0 Å². The number of hydrogen-bond acceptors (Lipinski definition) is 6. The molecule has 1 atom stereocenters. The van der Waals surface area contributed by atoms with Crippen LogP contribution in [0.3, 0.4) is 0 Å². The van der Waals surface area contributed by atoms with Crippen LogP contribution >= 0.6 is 0 Å². The summed E-state index contributed by atoms with van der Waals surface area (Å²) >= 11 is 0. The molecule has 4 N–H and O–H groups in total. The van der Waals surface area contributed by atoms with E-state index in [2.05, 4.69) is 37.5 Å². The lowest BCUT2D eigenvalue weighted by Gasteiger charge is -2.15. The lowest BCUT2D eigenvalue weighted by Crippen LogP contribution is -2.16. The minimum absolute atomic E-state index is 0.214. The van der Waals surface area contributed by atoms with Crippen LogP contribution in [0.15, 0.2) is 6.33 Å². The fourth-order valence-corrected chi connectivity index (χ4v) is 2.07. The highest BCUT2D eigenvalue weighted by atomic mass is 16.3. The molecular weight excluding hydrogens is 256 g/mol. The number of anilines is 2. The van der Waals surface area contributed by atoms with Gasteiger partial charge in [-0.3, -0.25) is 0 Å². The quantitative estimate of drug-likeness (QED) is 0.585. The van der Waals surface area contributed by atoms with Crippen molar-refractivity contribution in [3.05, 3.63) is 6.33 Å². The summed E-state index contributed by atoms with van der Waals surface area (Å²) in [6.07, 6.45) is 3.43. The molecule has 0 amide bonds. The van der Waals surface area contributed by atoms with Crippen LogP contribution in [0.1, 0.15) is 26.7 Å². The normalized spacial score (nSPS) is 12.6. The number of aliphatic hydroxyl groups is 1. The summed E-state index contributed by atoms with van der Waals surface area (Å²) in [6, 6.07) is 0. The first-order chi connectivity index (χ1) is 9.78. The molecular formula is C13H22N6O. The van der Waals surface area contributed by atoms with E-state index < -0.39 is 0 Å². The predicted molar refractivity (Wildman–Crippen MR) is 79.8 cm³/mol. The Labute approximate surface area is 118 Å². The van der Waals surface area contributed by atoms with E-state index in [0.29, 0.717) is 17.5 Å². The molecule has 2 aromatic rings. The maximum absolute atomic E-state index is 9.04. The highest BCUT2D eigenvalue weighted by Crippen LogP contribution is 2.19. The van der Waals surface area contributed by atoms with E-state index in [-0.39, 0.29) is 6.61 Å². The third-order valence-corrected chi connectivity index (χ3v) is 3.29. The van der Waals surface area contributed by atoms with Crippen molar-refractivity contribution in [3.63, 3.8) is 0 Å². The van der Waals surface area contributed by atoms with Gasteiger partial charge in [0.1, 0.15) is 5.52 Å². The molecule has 2 heterocycles. The Morgan fingerprint density at radius 3 is 2.85 bits per heavy atom. The van der Waals surface area contributed by atoms with Crippen LogP contribution in [0.5, 0.6) is 0 Å². The lowest BCUT2D eigenvalue weighted by atomic mass is 10.0. The van der Waals surface area contributed by atoms with Gasteiger partial charge in [0.15, 0.2) is 11.5 Å². The van der Waals surface area contributed by atoms with Crippen molar-refractivity contribution in [1.29, 1.82) is 0 Å². The highest BCUT2D eigenvalue weighted by molar-refractivity contribution is 5.83. The molecule has 0 saturated heterocycles. The van der Waals surface area contributed by atoms with Crippen molar-refractivity contribution in [1.82, 2.24) is 19.9 Å². The molecule has 2 aromatic heterocycles. The van der Waals surface area contributed by atoms with Crippen LogP contribution in [0, 0.1) is 5.92 Å². The summed E-state index contributed by atoms with van der Waals surface area (Å²) in [5, 5.41) is 15.5. The molecule has 0 aromatic carbocycles. The van der Waals surface area contributed by atoms with Crippen LogP contribution in [0.4, 0.5) is 11.8 Å². The number of aromatic amines is 1. The SMILES string of the molecule is CCNc1nc(NCC(CC)CCO)c2[nH]cnc2n1. The van der Waals surface area contributed by atoms with Gasteiger partial charge in [0.2, 0.25) is 5.95 Å². The van der Waals surface area contributed by atoms with Crippen LogP contribution in [0.25, 0.3) is 11.2 Å². The predicted octanol–water partition coefficient (Wildman–Crippen LogP) is 1.61. The smallest absolute Gasteiger partial charge is 0.226 e. The number of imidazole rings is 1. The largest absolute Gasteiger partial charge is 0.396 e. The molecule has 20 heavy (non-hydrogen) atoms. The Hall–Kier alpha value is -1.89. The van der Waals surface area contributed by atoms with E-state index >= 15 is 0 Å². The highest BCUT2D eigenvalue weighted by Gasteiger charge is 2.11. The molecule has 2 rings (SSSR count).